The Labute approximate surface area is 292 Å². The summed E-state index contributed by atoms with van der Waals surface area (Å²) in [4.78, 5) is 48.3. The van der Waals surface area contributed by atoms with Gasteiger partial charge in [-0.2, -0.15) is 0 Å². The Morgan fingerprint density at radius 2 is 1.25 bits per heavy atom. The van der Waals surface area contributed by atoms with Crippen LogP contribution in [0.25, 0.3) is 9.69 Å². The van der Waals surface area contributed by atoms with Crippen LogP contribution in [0.3, 0.4) is 0 Å². The zero-order chi connectivity index (χ0) is 34.4. The second kappa shape index (κ2) is 18.7. The fourth-order valence-electron chi connectivity index (χ4n) is 4.85. The van der Waals surface area contributed by atoms with E-state index in [0.717, 1.165) is 76.1 Å². The lowest BCUT2D eigenvalue weighted by atomic mass is 9.94. The number of carbonyl (C=O) groups excluding carboxylic acids is 1. The van der Waals surface area contributed by atoms with Crippen LogP contribution in [0.2, 0.25) is 0 Å². The monoisotopic (exact) mass is 690 g/mol. The highest BCUT2D eigenvalue weighted by Crippen LogP contribution is 2.48. The van der Waals surface area contributed by atoms with Crippen molar-refractivity contribution in [2.24, 2.45) is 5.41 Å². The predicted octanol–water partition coefficient (Wildman–Crippen LogP) is 8.62. The molecule has 0 radical (unpaired) electrons. The van der Waals surface area contributed by atoms with Crippen molar-refractivity contribution in [3.8, 4) is 0 Å². The van der Waals surface area contributed by atoms with Gasteiger partial charge in [0.25, 0.3) is 0 Å². The maximum atomic E-state index is 11.9. The summed E-state index contributed by atoms with van der Waals surface area (Å²) in [6.45, 7) is 26.6. The molecule has 10 nitrogen and oxygen atoms in total. The molecule has 0 amide bonds. The number of carbonyl (C=O) groups is 1. The number of hydrogen-bond donors (Lipinski definition) is 0. The van der Waals surface area contributed by atoms with Crippen LogP contribution in [0, 0.1) is 18.6 Å². The Hall–Kier alpha value is -3.75. The van der Waals surface area contributed by atoms with Crippen molar-refractivity contribution in [2.75, 3.05) is 55.9 Å². The van der Waals surface area contributed by atoms with Gasteiger partial charge in [0.2, 0.25) is 11.4 Å². The SMILES string of the molecule is [C-]#[N+]C(COOCC(C)(COOCC([N+]#[C-])=C1Sc2ccccc2N1CCCC)COC(=O)C=C)=C1Sc2ccccc2N1CCCC. The Morgan fingerprint density at radius 1 is 0.792 bits per heavy atom. The van der Waals surface area contributed by atoms with Crippen LogP contribution in [0.5, 0.6) is 0 Å². The van der Waals surface area contributed by atoms with Crippen LogP contribution in [-0.2, 0) is 29.1 Å². The van der Waals surface area contributed by atoms with Crippen molar-refractivity contribution in [1.29, 1.82) is 0 Å². The van der Waals surface area contributed by atoms with Gasteiger partial charge in [-0.05, 0) is 37.1 Å². The summed E-state index contributed by atoms with van der Waals surface area (Å²) in [7, 11) is 0. The third-order valence-corrected chi connectivity index (χ3v) is 9.98. The van der Waals surface area contributed by atoms with Crippen molar-refractivity contribution < 1.29 is 29.1 Å². The Morgan fingerprint density at radius 3 is 1.67 bits per heavy atom. The molecule has 12 heteroatoms. The molecule has 0 bridgehead atoms. The van der Waals surface area contributed by atoms with Crippen LogP contribution in [0.4, 0.5) is 11.4 Å². The summed E-state index contributed by atoms with van der Waals surface area (Å²) in [6.07, 6.45) is 5.13. The minimum Gasteiger partial charge on any atom is -0.462 e. The van der Waals surface area contributed by atoms with Crippen molar-refractivity contribution in [3.63, 3.8) is 0 Å². The summed E-state index contributed by atoms with van der Waals surface area (Å²) < 4.78 is 5.33. The number of ether oxygens (including phenoxy) is 1. The van der Waals surface area contributed by atoms with Crippen LogP contribution >= 0.6 is 23.5 Å². The predicted molar refractivity (Wildman–Crippen MR) is 189 cm³/mol. The van der Waals surface area contributed by atoms with E-state index in [1.807, 2.05) is 24.3 Å². The van der Waals surface area contributed by atoms with Gasteiger partial charge in [0.15, 0.2) is 0 Å². The van der Waals surface area contributed by atoms with Gasteiger partial charge in [0.1, 0.15) is 19.8 Å². The molecule has 0 atom stereocenters. The molecular weight excluding hydrogens is 649 g/mol. The third-order valence-electron chi connectivity index (χ3n) is 7.55. The molecule has 48 heavy (non-hydrogen) atoms. The molecule has 0 spiro atoms. The molecule has 0 N–H and O–H groups in total. The lowest BCUT2D eigenvalue weighted by Crippen LogP contribution is -2.35. The molecule has 2 heterocycles. The molecule has 2 aromatic carbocycles. The maximum Gasteiger partial charge on any atom is 0.330 e. The highest BCUT2D eigenvalue weighted by Gasteiger charge is 2.31. The van der Waals surface area contributed by atoms with Crippen molar-refractivity contribution in [3.05, 3.63) is 105 Å². The van der Waals surface area contributed by atoms with Gasteiger partial charge in [0, 0.05) is 29.0 Å². The Kier molecular flexibility index (Phi) is 14.4. The molecule has 2 aliphatic rings. The summed E-state index contributed by atoms with van der Waals surface area (Å²) in [5.74, 6) is -0.585. The maximum absolute atomic E-state index is 11.9. The van der Waals surface area contributed by atoms with Crippen molar-refractivity contribution in [2.45, 2.75) is 56.2 Å². The van der Waals surface area contributed by atoms with Crippen LogP contribution < -0.4 is 9.80 Å². The second-order valence-corrected chi connectivity index (χ2v) is 13.6. The fraction of sp³-hybridized carbons (Fsp3) is 0.417. The third kappa shape index (κ3) is 9.66. The number of unbranched alkanes of at least 4 members (excludes halogenated alkanes) is 2. The first-order chi connectivity index (χ1) is 23.4. The zero-order valence-corrected chi connectivity index (χ0v) is 29.4. The van der Waals surface area contributed by atoms with E-state index >= 15 is 0 Å². The van der Waals surface area contributed by atoms with Gasteiger partial charge in [0.05, 0.1) is 53.2 Å². The minimum atomic E-state index is -0.882. The standard InChI is InChI=1S/C36H42N4O6S2/c1-7-10-20-39-29-16-12-14-18-31(29)47-34(39)27(37-5)22-43-45-25-36(4,24-42-33(41)9-3)26-46-44-23-28(38-6)35-40(21-11-8-2)30-17-13-15-19-32(30)48-35/h9,12-19H,3,7-8,10-11,20-26H2,1-2,4H3. The largest absolute Gasteiger partial charge is 0.462 e. The molecule has 0 aromatic heterocycles. The number of para-hydroxylation sites is 2. The zero-order valence-electron chi connectivity index (χ0n) is 27.7. The van der Waals surface area contributed by atoms with Gasteiger partial charge >= 0.3 is 5.97 Å². The Balaban J connectivity index is 1.37. The number of anilines is 2. The van der Waals surface area contributed by atoms with Gasteiger partial charge in [-0.1, -0.05) is 88.0 Å². The molecular formula is C36H42N4O6S2. The van der Waals surface area contributed by atoms with E-state index in [-0.39, 0.29) is 33.0 Å². The topological polar surface area (TPSA) is 78.4 Å². The van der Waals surface area contributed by atoms with E-state index in [1.54, 1.807) is 30.4 Å². The average molecular weight is 691 g/mol. The van der Waals surface area contributed by atoms with Gasteiger partial charge < -0.3 is 14.5 Å². The van der Waals surface area contributed by atoms with E-state index < -0.39 is 11.4 Å². The molecule has 2 aromatic rings. The number of benzene rings is 2. The summed E-state index contributed by atoms with van der Waals surface area (Å²) >= 11 is 3.11. The van der Waals surface area contributed by atoms with Crippen LogP contribution in [-0.4, -0.2) is 52.1 Å². The molecule has 254 valence electrons. The number of nitrogens with zero attached hydrogens (tertiary/aromatic N) is 4. The lowest BCUT2D eigenvalue weighted by molar-refractivity contribution is -0.336. The molecule has 4 rings (SSSR count). The molecule has 0 fully saturated rings. The van der Waals surface area contributed by atoms with E-state index in [1.165, 1.54) is 0 Å². The van der Waals surface area contributed by atoms with E-state index in [0.29, 0.717) is 11.4 Å². The number of rotatable bonds is 19. The highest BCUT2D eigenvalue weighted by atomic mass is 32.2. The van der Waals surface area contributed by atoms with Gasteiger partial charge in [-0.15, -0.1) is 0 Å². The first kappa shape index (κ1) is 37.1. The number of esters is 1. The van der Waals surface area contributed by atoms with E-state index in [4.69, 9.17) is 37.4 Å². The van der Waals surface area contributed by atoms with Gasteiger partial charge in [-0.25, -0.2) is 34.0 Å². The quantitative estimate of drug-likeness (QED) is 0.0357. The van der Waals surface area contributed by atoms with Crippen molar-refractivity contribution >= 4 is 40.9 Å². The smallest absolute Gasteiger partial charge is 0.330 e. The highest BCUT2D eigenvalue weighted by molar-refractivity contribution is 8.04. The molecule has 0 unspecified atom stereocenters. The number of thioether (sulfide) groups is 2. The fourth-order valence-corrected chi connectivity index (χ4v) is 7.17. The second-order valence-electron chi connectivity index (χ2n) is 11.5. The molecule has 0 saturated heterocycles. The Bertz CT molecular complexity index is 1480. The molecule has 2 aliphatic heterocycles. The van der Waals surface area contributed by atoms with E-state index in [2.05, 4.69) is 64.2 Å². The lowest BCUT2D eigenvalue weighted by Gasteiger charge is -2.27. The first-order valence-corrected chi connectivity index (χ1v) is 17.6. The summed E-state index contributed by atoms with van der Waals surface area (Å²) in [5.41, 5.74) is 2.16. The molecule has 0 aliphatic carbocycles. The summed E-state index contributed by atoms with van der Waals surface area (Å²) in [5, 5.41) is 1.67. The first-order valence-electron chi connectivity index (χ1n) is 16.0. The minimum absolute atomic E-state index is 0.0267. The van der Waals surface area contributed by atoms with Crippen LogP contribution in [0.1, 0.15) is 46.5 Å². The van der Waals surface area contributed by atoms with Crippen LogP contribution in [0.15, 0.2) is 92.4 Å². The van der Waals surface area contributed by atoms with Gasteiger partial charge in [-0.3, -0.25) is 0 Å². The average Bonchev–Trinajstić information content (AvgIpc) is 3.67. The number of hydrogen-bond acceptors (Lipinski definition) is 10. The van der Waals surface area contributed by atoms with Crippen molar-refractivity contribution in [1.82, 2.24) is 0 Å². The number of fused-ring (bicyclic) bond motifs is 2. The van der Waals surface area contributed by atoms with E-state index in [9.17, 15) is 4.79 Å². The molecule has 0 saturated carbocycles. The summed E-state index contributed by atoms with van der Waals surface area (Å²) in [6, 6.07) is 16.2. The normalized spacial score (nSPS) is 16.8.